The van der Waals surface area contributed by atoms with Crippen LogP contribution in [-0.2, 0) is 37.0 Å². The van der Waals surface area contributed by atoms with Crippen molar-refractivity contribution >= 4 is 17.6 Å². The topological polar surface area (TPSA) is 186 Å². The Balaban J connectivity index is 0.000000120. The summed E-state index contributed by atoms with van der Waals surface area (Å²) in [5.41, 5.74) is 19.4. The van der Waals surface area contributed by atoms with Crippen molar-refractivity contribution in [2.24, 2.45) is 46.0 Å². The van der Waals surface area contributed by atoms with Crippen LogP contribution in [0.5, 0.6) is 0 Å². The van der Waals surface area contributed by atoms with Crippen LogP contribution in [0, 0.1) is 77.0 Å². The zero-order valence-corrected chi connectivity index (χ0v) is 76.6. The van der Waals surface area contributed by atoms with Gasteiger partial charge in [0.1, 0.15) is 34.1 Å². The first kappa shape index (κ1) is 91.2. The van der Waals surface area contributed by atoms with Crippen LogP contribution in [0.3, 0.4) is 0 Å². The molecule has 4 N–H and O–H groups in total. The van der Waals surface area contributed by atoms with E-state index in [1.807, 2.05) is 257 Å². The standard InChI is InChI=1S/2C23H25N3O.C23H25N3.2C23H23N3/c2*1-17-25-14-15-26(17)21-13-12-20(16-21)23(22(24)27,18-8-4-2-5-9-18)19-10-6-3-7-11-19;3*1-18-25-15-16-26(18)22-14-13-21(17-22)23(24-2,19-9-5-3-6-10-19)20-11-7-4-8-12-20/h2*2-11,14-15,20-21H,12-13,16H2,1H3,(H2,24,27);3-12,21-22H,13-17H2,1H3;2*3-12,15-16,21-22H,13-14,17H2,1H3/t2*20?,21-;3*21?,22-/m11111/s1. The third kappa shape index (κ3) is 18.0. The molecule has 5 heterocycles. The molecule has 2 amide bonds. The number of rotatable bonds is 22. The molecule has 17 nitrogen and oxygen atoms in total. The first-order valence-electron chi connectivity index (χ1n) is 47.1. The van der Waals surface area contributed by atoms with E-state index in [1.165, 1.54) is 5.84 Å². The van der Waals surface area contributed by atoms with Gasteiger partial charge in [-0.3, -0.25) is 29.1 Å². The zero-order valence-electron chi connectivity index (χ0n) is 76.6. The maximum Gasteiger partial charge on any atom is 0.285 e. The monoisotopic (exact) mass is 1740 g/mol. The summed E-state index contributed by atoms with van der Waals surface area (Å²) in [4.78, 5) is 63.6. The van der Waals surface area contributed by atoms with E-state index in [2.05, 4.69) is 193 Å². The smallest absolute Gasteiger partial charge is 0.285 e. The van der Waals surface area contributed by atoms with Crippen molar-refractivity contribution < 1.29 is 9.59 Å². The Kier molecular flexibility index (Phi) is 28.6. The highest BCUT2D eigenvalue weighted by molar-refractivity contribution is 5.92. The molecule has 20 rings (SSSR count). The fraction of sp³-hybridized carbons (Fsp3) is 0.322. The van der Waals surface area contributed by atoms with Crippen LogP contribution in [0.25, 0.3) is 14.5 Å². The maximum atomic E-state index is 13.1. The number of benzene rings is 10. The van der Waals surface area contributed by atoms with E-state index in [0.29, 0.717) is 36.1 Å². The Morgan fingerprint density at radius 1 is 0.288 bits per heavy atom. The first-order valence-corrected chi connectivity index (χ1v) is 47.1. The van der Waals surface area contributed by atoms with Gasteiger partial charge < -0.3 is 34.6 Å². The highest BCUT2D eigenvalue weighted by Gasteiger charge is 2.57. The second kappa shape index (κ2) is 41.4. The van der Waals surface area contributed by atoms with E-state index in [4.69, 9.17) is 31.2 Å². The summed E-state index contributed by atoms with van der Waals surface area (Å²) in [6, 6.07) is 104. The van der Waals surface area contributed by atoms with Gasteiger partial charge in [-0.2, -0.15) is 0 Å². The van der Waals surface area contributed by atoms with Gasteiger partial charge in [0.2, 0.25) is 11.8 Å². The number of hydrogen-bond acceptors (Lipinski definition) is 8. The Hall–Kier alpha value is -14.1. The van der Waals surface area contributed by atoms with Crippen molar-refractivity contribution in [3.8, 4) is 0 Å². The second-order valence-electron chi connectivity index (χ2n) is 36.6. The Morgan fingerprint density at radius 2 is 0.485 bits per heavy atom. The van der Waals surface area contributed by atoms with Crippen molar-refractivity contribution in [2.75, 3.05) is 13.1 Å². The van der Waals surface area contributed by atoms with E-state index in [0.717, 1.165) is 188 Å². The molecule has 0 spiro atoms. The molecule has 5 aliphatic carbocycles. The SMILES string of the molecule is Cc1nccn1[C@@H]1CCC(C(C(N)=O)(c2ccccc2)c2ccccc2)C1.Cc1nccn1[C@@H]1CCC(C(C(N)=O)(c2ccccc2)c2ccccc2)C1.[C-]#[N+]C(c1ccccc1)(c1ccccc1)C1CC[C@@H](N2CCN=C2C)C1.[C-]#[N+]C(c1ccccc1)(c1ccccc1)C1CC[C@@H](n2ccnc2C)C1.[C-]#[N+]C(c1ccccc1)(c1ccccc1)C1CC[C@@H](n2ccnc2C)C1. The van der Waals surface area contributed by atoms with Crippen molar-refractivity contribution in [3.05, 3.63) is 466 Å². The Labute approximate surface area is 779 Å². The van der Waals surface area contributed by atoms with Gasteiger partial charge in [-0.05, 0) is 165 Å². The minimum atomic E-state index is -0.814. The van der Waals surface area contributed by atoms with E-state index in [-0.39, 0.29) is 35.5 Å². The zero-order chi connectivity index (χ0) is 91.7. The van der Waals surface area contributed by atoms with Crippen LogP contribution >= 0.6 is 0 Å². The van der Waals surface area contributed by atoms with E-state index in [9.17, 15) is 9.59 Å². The first-order chi connectivity index (χ1) is 64.5. The molecular weight excluding hydrogens is 1620 g/mol. The third-order valence-electron chi connectivity index (χ3n) is 30.1. The summed E-state index contributed by atoms with van der Waals surface area (Å²) in [5.74, 6) is 5.97. The highest BCUT2D eigenvalue weighted by Crippen LogP contribution is 2.56. The lowest BCUT2D eigenvalue weighted by Gasteiger charge is -2.37. The lowest BCUT2D eigenvalue weighted by atomic mass is 9.64. The average molecular weight is 1750 g/mol. The van der Waals surface area contributed by atoms with E-state index >= 15 is 0 Å². The third-order valence-corrected chi connectivity index (χ3v) is 30.1. The quantitative estimate of drug-likeness (QED) is 0.0632. The Morgan fingerprint density at radius 3 is 0.674 bits per heavy atom. The number of aromatic nitrogens is 8. The van der Waals surface area contributed by atoms with Gasteiger partial charge in [0.25, 0.3) is 16.6 Å². The van der Waals surface area contributed by atoms with Crippen LogP contribution < -0.4 is 11.5 Å². The molecule has 132 heavy (non-hydrogen) atoms. The van der Waals surface area contributed by atoms with Crippen molar-refractivity contribution in [1.29, 1.82) is 0 Å². The molecular formula is C115H121N15O2. The van der Waals surface area contributed by atoms with Gasteiger partial charge in [-0.15, -0.1) is 0 Å². The molecule has 10 atom stereocenters. The van der Waals surface area contributed by atoms with E-state index < -0.39 is 27.4 Å². The second-order valence-corrected chi connectivity index (χ2v) is 36.6. The van der Waals surface area contributed by atoms with Gasteiger partial charge in [-0.25, -0.2) is 39.7 Å². The van der Waals surface area contributed by atoms with Crippen molar-refractivity contribution in [2.45, 2.75) is 189 Å². The molecule has 1 aliphatic heterocycles. The van der Waals surface area contributed by atoms with E-state index in [1.54, 1.807) is 0 Å². The molecule has 0 saturated heterocycles. The largest absolute Gasteiger partial charge is 0.369 e. The number of nitrogens with two attached hydrogens (primary N) is 2. The molecule has 668 valence electrons. The molecule has 0 radical (unpaired) electrons. The van der Waals surface area contributed by atoms with Crippen LogP contribution in [0.1, 0.15) is 206 Å². The average Bonchev–Trinajstić information content (AvgIpc) is 1.33. The predicted molar refractivity (Wildman–Crippen MR) is 526 cm³/mol. The summed E-state index contributed by atoms with van der Waals surface area (Å²) in [6.07, 6.45) is 31.0. The number of amides is 2. The number of hydrogen-bond donors (Lipinski definition) is 2. The number of aryl methyl sites for hydroxylation is 4. The number of carbonyl (C=O) groups is 2. The summed E-state index contributed by atoms with van der Waals surface area (Å²) in [5, 5.41) is 0. The van der Waals surface area contributed by atoms with Crippen LogP contribution in [0.2, 0.25) is 0 Å². The molecule has 4 aromatic heterocycles. The normalized spacial score (nSPS) is 20.5. The lowest BCUT2D eigenvalue weighted by molar-refractivity contribution is -0.124. The van der Waals surface area contributed by atoms with Crippen molar-refractivity contribution in [1.82, 2.24) is 43.1 Å². The number of aliphatic imine (C=N–C) groups is 1. The minimum absolute atomic E-state index is 0.145. The van der Waals surface area contributed by atoms with Crippen LogP contribution in [0.4, 0.5) is 0 Å². The number of amidine groups is 1. The number of imidazole rings is 4. The fourth-order valence-electron chi connectivity index (χ4n) is 23.9. The molecule has 5 saturated carbocycles. The van der Waals surface area contributed by atoms with Gasteiger partial charge >= 0.3 is 0 Å². The molecule has 5 unspecified atom stereocenters. The van der Waals surface area contributed by atoms with Crippen LogP contribution in [-0.4, -0.2) is 79.9 Å². The number of nitrogens with zero attached hydrogens (tertiary/aromatic N) is 13. The summed E-state index contributed by atoms with van der Waals surface area (Å²) < 4.78 is 9.04. The van der Waals surface area contributed by atoms with Gasteiger partial charge in [0.15, 0.2) is 0 Å². The molecule has 6 aliphatic rings. The van der Waals surface area contributed by atoms with Gasteiger partial charge in [-0.1, -0.05) is 303 Å². The fourth-order valence-corrected chi connectivity index (χ4v) is 23.9. The maximum absolute atomic E-state index is 13.1. The summed E-state index contributed by atoms with van der Waals surface area (Å²) in [7, 11) is 0. The molecule has 17 heteroatoms. The van der Waals surface area contributed by atoms with Crippen molar-refractivity contribution in [3.63, 3.8) is 0 Å². The van der Waals surface area contributed by atoms with Gasteiger partial charge in [0, 0.05) is 137 Å². The minimum Gasteiger partial charge on any atom is -0.369 e. The lowest BCUT2D eigenvalue weighted by Crippen LogP contribution is -2.47. The molecule has 5 fully saturated rings. The molecule has 0 bridgehead atoms. The highest BCUT2D eigenvalue weighted by atomic mass is 16.2. The Bertz CT molecular complexity index is 5730. The summed E-state index contributed by atoms with van der Waals surface area (Å²) in [6.45, 7) is 37.0. The predicted octanol–water partition coefficient (Wildman–Crippen LogP) is 23.6. The van der Waals surface area contributed by atoms with Crippen LogP contribution in [0.15, 0.2) is 358 Å². The molecule has 10 aromatic carbocycles. The number of carbonyl (C=O) groups excluding carboxylic acids is 2. The van der Waals surface area contributed by atoms with Gasteiger partial charge in [0.05, 0.1) is 12.4 Å². The summed E-state index contributed by atoms with van der Waals surface area (Å²) >= 11 is 0. The number of primary amides is 2. The molecule has 14 aromatic rings.